The minimum atomic E-state index is -0.742. The van der Waals surface area contributed by atoms with Crippen molar-refractivity contribution >= 4 is 23.2 Å². The molecule has 1 amide bonds. The number of amides is 1. The Kier molecular flexibility index (Phi) is 4.14. The van der Waals surface area contributed by atoms with Crippen LogP contribution in [0.15, 0.2) is 42.5 Å². The van der Waals surface area contributed by atoms with Crippen LogP contribution in [0.2, 0.25) is 5.02 Å². The topological polar surface area (TPSA) is 49.3 Å². The lowest BCUT2D eigenvalue weighted by atomic mass is 10.1. The number of hydrogen-bond donors (Lipinski definition) is 2. The molecular weight excluding hydrogens is 269 g/mol. The van der Waals surface area contributed by atoms with E-state index in [2.05, 4.69) is 5.32 Å². The highest BCUT2D eigenvalue weighted by Crippen LogP contribution is 2.19. The fourth-order valence-electron chi connectivity index (χ4n) is 1.57. The van der Waals surface area contributed by atoms with Gasteiger partial charge in [-0.2, -0.15) is 0 Å². The minimum absolute atomic E-state index is 0.0723. The van der Waals surface area contributed by atoms with Crippen LogP contribution in [-0.2, 0) is 6.61 Å². The largest absolute Gasteiger partial charge is 0.392 e. The van der Waals surface area contributed by atoms with Gasteiger partial charge < -0.3 is 10.4 Å². The third kappa shape index (κ3) is 3.10. The van der Waals surface area contributed by atoms with Gasteiger partial charge in [-0.05, 0) is 29.8 Å². The van der Waals surface area contributed by atoms with Crippen LogP contribution in [0.25, 0.3) is 0 Å². The van der Waals surface area contributed by atoms with E-state index in [0.29, 0.717) is 5.69 Å². The van der Waals surface area contributed by atoms with E-state index in [9.17, 15) is 9.18 Å². The van der Waals surface area contributed by atoms with E-state index >= 15 is 0 Å². The molecular formula is C14H11ClFNO2. The first-order chi connectivity index (χ1) is 9.11. The monoisotopic (exact) mass is 279 g/mol. The Morgan fingerprint density at radius 2 is 1.89 bits per heavy atom. The maximum Gasteiger partial charge on any atom is 0.258 e. The van der Waals surface area contributed by atoms with Gasteiger partial charge in [0.05, 0.1) is 17.2 Å². The minimum Gasteiger partial charge on any atom is -0.392 e. The highest BCUT2D eigenvalue weighted by Gasteiger charge is 2.14. The molecule has 0 saturated carbocycles. The van der Waals surface area contributed by atoms with E-state index in [4.69, 9.17) is 16.7 Å². The summed E-state index contributed by atoms with van der Waals surface area (Å²) < 4.78 is 13.6. The second kappa shape index (κ2) is 5.82. The molecule has 0 saturated heterocycles. The Balaban J connectivity index is 2.18. The van der Waals surface area contributed by atoms with Crippen LogP contribution in [0.1, 0.15) is 15.9 Å². The van der Waals surface area contributed by atoms with Crippen molar-refractivity contribution < 1.29 is 14.3 Å². The number of carbonyl (C=O) groups is 1. The van der Waals surface area contributed by atoms with Crippen molar-refractivity contribution in [3.05, 3.63) is 64.4 Å². The van der Waals surface area contributed by atoms with Gasteiger partial charge in [0, 0.05) is 5.69 Å². The molecule has 0 aliphatic heterocycles. The molecule has 2 aromatic rings. The van der Waals surface area contributed by atoms with Crippen molar-refractivity contribution in [1.29, 1.82) is 0 Å². The lowest BCUT2D eigenvalue weighted by Gasteiger charge is -2.07. The summed E-state index contributed by atoms with van der Waals surface area (Å²) in [5.41, 5.74) is 1.13. The molecule has 0 radical (unpaired) electrons. The van der Waals surface area contributed by atoms with E-state index in [1.54, 1.807) is 24.3 Å². The van der Waals surface area contributed by atoms with Crippen LogP contribution in [0.5, 0.6) is 0 Å². The SMILES string of the molecule is O=C(Nc1ccc(CO)cc1)c1cccc(Cl)c1F. The summed E-state index contributed by atoms with van der Waals surface area (Å²) in [7, 11) is 0. The van der Waals surface area contributed by atoms with Gasteiger partial charge >= 0.3 is 0 Å². The summed E-state index contributed by atoms with van der Waals surface area (Å²) in [4.78, 5) is 11.9. The van der Waals surface area contributed by atoms with Gasteiger partial charge in [-0.25, -0.2) is 4.39 Å². The second-order valence-electron chi connectivity index (χ2n) is 3.91. The Morgan fingerprint density at radius 3 is 2.53 bits per heavy atom. The molecule has 0 aliphatic carbocycles. The molecule has 0 aromatic heterocycles. The third-order valence-corrected chi connectivity index (χ3v) is 2.88. The Morgan fingerprint density at radius 1 is 1.21 bits per heavy atom. The van der Waals surface area contributed by atoms with Gasteiger partial charge in [0.25, 0.3) is 5.91 Å². The van der Waals surface area contributed by atoms with Crippen LogP contribution in [0.3, 0.4) is 0 Å². The summed E-state index contributed by atoms with van der Waals surface area (Å²) >= 11 is 5.62. The predicted octanol–water partition coefficient (Wildman–Crippen LogP) is 3.22. The fourth-order valence-corrected chi connectivity index (χ4v) is 1.75. The van der Waals surface area contributed by atoms with Gasteiger partial charge in [-0.1, -0.05) is 29.8 Å². The summed E-state index contributed by atoms with van der Waals surface area (Å²) in [6, 6.07) is 10.9. The van der Waals surface area contributed by atoms with Crippen molar-refractivity contribution in [3.63, 3.8) is 0 Å². The zero-order chi connectivity index (χ0) is 13.8. The van der Waals surface area contributed by atoms with E-state index in [0.717, 1.165) is 5.56 Å². The van der Waals surface area contributed by atoms with Crippen LogP contribution >= 0.6 is 11.6 Å². The summed E-state index contributed by atoms with van der Waals surface area (Å²) in [6.07, 6.45) is 0. The number of halogens is 2. The van der Waals surface area contributed by atoms with Gasteiger partial charge in [-0.15, -0.1) is 0 Å². The van der Waals surface area contributed by atoms with Crippen molar-refractivity contribution in [2.75, 3.05) is 5.32 Å². The van der Waals surface area contributed by atoms with E-state index < -0.39 is 11.7 Å². The predicted molar refractivity (Wildman–Crippen MR) is 71.7 cm³/mol. The molecule has 0 unspecified atom stereocenters. The van der Waals surface area contributed by atoms with Crippen LogP contribution in [0.4, 0.5) is 10.1 Å². The maximum absolute atomic E-state index is 13.6. The molecule has 0 atom stereocenters. The number of aliphatic hydroxyl groups is 1. The van der Waals surface area contributed by atoms with E-state index in [-0.39, 0.29) is 17.2 Å². The maximum atomic E-state index is 13.6. The average molecular weight is 280 g/mol. The normalized spacial score (nSPS) is 10.3. The smallest absolute Gasteiger partial charge is 0.258 e. The molecule has 0 heterocycles. The van der Waals surface area contributed by atoms with Crippen molar-refractivity contribution in [2.24, 2.45) is 0 Å². The molecule has 2 rings (SSSR count). The van der Waals surface area contributed by atoms with Gasteiger partial charge in [0.15, 0.2) is 5.82 Å². The van der Waals surface area contributed by atoms with E-state index in [1.807, 2.05) is 0 Å². The lowest BCUT2D eigenvalue weighted by molar-refractivity contribution is 0.102. The molecule has 0 bridgehead atoms. The zero-order valence-electron chi connectivity index (χ0n) is 9.86. The highest BCUT2D eigenvalue weighted by atomic mass is 35.5. The van der Waals surface area contributed by atoms with Gasteiger partial charge in [-0.3, -0.25) is 4.79 Å². The number of benzene rings is 2. The van der Waals surface area contributed by atoms with Crippen LogP contribution in [0, 0.1) is 5.82 Å². The van der Waals surface area contributed by atoms with Gasteiger partial charge in [0.1, 0.15) is 0 Å². The molecule has 98 valence electrons. The van der Waals surface area contributed by atoms with Gasteiger partial charge in [0.2, 0.25) is 0 Å². The summed E-state index contributed by atoms with van der Waals surface area (Å²) in [5, 5.41) is 11.4. The van der Waals surface area contributed by atoms with Crippen molar-refractivity contribution in [3.8, 4) is 0 Å². The second-order valence-corrected chi connectivity index (χ2v) is 4.32. The Hall–Kier alpha value is -1.91. The van der Waals surface area contributed by atoms with Crippen LogP contribution < -0.4 is 5.32 Å². The first-order valence-electron chi connectivity index (χ1n) is 5.57. The fraction of sp³-hybridized carbons (Fsp3) is 0.0714. The summed E-state index contributed by atoms with van der Waals surface area (Å²) in [6.45, 7) is -0.0723. The number of carbonyl (C=O) groups excluding carboxylic acids is 1. The number of nitrogens with one attached hydrogen (secondary N) is 1. The molecule has 0 spiro atoms. The summed E-state index contributed by atoms with van der Waals surface area (Å²) in [5.74, 6) is -1.31. The molecule has 0 fully saturated rings. The van der Waals surface area contributed by atoms with Crippen LogP contribution in [-0.4, -0.2) is 11.0 Å². The zero-order valence-corrected chi connectivity index (χ0v) is 10.6. The number of rotatable bonds is 3. The Labute approximate surface area is 114 Å². The lowest BCUT2D eigenvalue weighted by Crippen LogP contribution is -2.13. The van der Waals surface area contributed by atoms with E-state index in [1.165, 1.54) is 18.2 Å². The first-order valence-corrected chi connectivity index (χ1v) is 5.95. The molecule has 3 nitrogen and oxygen atoms in total. The number of anilines is 1. The Bertz CT molecular complexity index is 599. The molecule has 5 heteroatoms. The quantitative estimate of drug-likeness (QED) is 0.906. The highest BCUT2D eigenvalue weighted by molar-refractivity contribution is 6.31. The average Bonchev–Trinajstić information content (AvgIpc) is 2.42. The molecule has 19 heavy (non-hydrogen) atoms. The standard InChI is InChI=1S/C14H11ClFNO2/c15-12-3-1-2-11(13(12)16)14(19)17-10-6-4-9(8-18)5-7-10/h1-7,18H,8H2,(H,17,19). The molecule has 2 N–H and O–H groups in total. The number of hydrogen-bond acceptors (Lipinski definition) is 2. The first kappa shape index (κ1) is 13.5. The molecule has 0 aliphatic rings. The van der Waals surface area contributed by atoms with Crippen molar-refractivity contribution in [2.45, 2.75) is 6.61 Å². The van der Waals surface area contributed by atoms with Crippen molar-refractivity contribution in [1.82, 2.24) is 0 Å². The third-order valence-electron chi connectivity index (χ3n) is 2.59. The number of aliphatic hydroxyl groups excluding tert-OH is 1. The molecule has 2 aromatic carbocycles.